The second kappa shape index (κ2) is 6.78. The second-order valence-electron chi connectivity index (χ2n) is 4.79. The summed E-state index contributed by atoms with van der Waals surface area (Å²) in [6.07, 6.45) is 2.66. The molecule has 0 atom stereocenters. The normalized spacial score (nSPS) is 10.9. The number of esters is 2. The summed E-state index contributed by atoms with van der Waals surface area (Å²) in [5.74, 6) is -0.407. The number of carbonyl (C=O) groups excluding carboxylic acids is 2. The fraction of sp³-hybridized carbons (Fsp3) is 0.0556. The van der Waals surface area contributed by atoms with Crippen LogP contribution in [0.2, 0.25) is 0 Å². The van der Waals surface area contributed by atoms with E-state index in [2.05, 4.69) is 9.72 Å². The van der Waals surface area contributed by atoms with Crippen LogP contribution in [-0.2, 0) is 9.53 Å². The van der Waals surface area contributed by atoms with Crippen molar-refractivity contribution in [2.24, 2.45) is 0 Å². The van der Waals surface area contributed by atoms with Crippen LogP contribution in [-0.4, -0.2) is 24.0 Å². The summed E-state index contributed by atoms with van der Waals surface area (Å²) < 4.78 is 15.2. The third-order valence-electron chi connectivity index (χ3n) is 3.17. The molecule has 0 saturated carbocycles. The van der Waals surface area contributed by atoms with Crippen LogP contribution in [0, 0.1) is 0 Å². The number of para-hydroxylation sites is 2. The first kappa shape index (κ1) is 15.5. The molecule has 0 aliphatic rings. The second-order valence-corrected chi connectivity index (χ2v) is 4.79. The number of hydrogen-bond acceptors (Lipinski definition) is 6. The molecule has 0 saturated heterocycles. The van der Waals surface area contributed by atoms with Gasteiger partial charge in [-0.05, 0) is 36.4 Å². The van der Waals surface area contributed by atoms with E-state index in [1.165, 1.54) is 43.5 Å². The predicted molar refractivity (Wildman–Crippen MR) is 86.5 cm³/mol. The van der Waals surface area contributed by atoms with Crippen LogP contribution < -0.4 is 4.74 Å². The average molecular weight is 323 g/mol. The van der Waals surface area contributed by atoms with Crippen LogP contribution in [0.15, 0.2) is 59.0 Å². The molecule has 0 unspecified atom stereocenters. The van der Waals surface area contributed by atoms with Gasteiger partial charge in [-0.1, -0.05) is 12.1 Å². The van der Waals surface area contributed by atoms with Crippen LogP contribution in [0.4, 0.5) is 0 Å². The van der Waals surface area contributed by atoms with Gasteiger partial charge < -0.3 is 13.9 Å². The monoisotopic (exact) mass is 323 g/mol. The zero-order valence-corrected chi connectivity index (χ0v) is 12.8. The molecule has 0 fully saturated rings. The van der Waals surface area contributed by atoms with Crippen molar-refractivity contribution in [3.63, 3.8) is 0 Å². The van der Waals surface area contributed by atoms with Gasteiger partial charge in [0, 0.05) is 12.2 Å². The van der Waals surface area contributed by atoms with Crippen molar-refractivity contribution in [1.82, 2.24) is 4.98 Å². The van der Waals surface area contributed by atoms with E-state index in [4.69, 9.17) is 9.15 Å². The summed E-state index contributed by atoms with van der Waals surface area (Å²) in [6.45, 7) is 0. The van der Waals surface area contributed by atoms with E-state index in [1.807, 2.05) is 18.2 Å². The number of aromatic nitrogens is 1. The van der Waals surface area contributed by atoms with Crippen molar-refractivity contribution in [1.29, 1.82) is 0 Å². The lowest BCUT2D eigenvalue weighted by Gasteiger charge is -2.02. The third kappa shape index (κ3) is 3.49. The first-order valence-corrected chi connectivity index (χ1v) is 7.09. The van der Waals surface area contributed by atoms with E-state index in [1.54, 1.807) is 6.07 Å². The molecule has 6 nitrogen and oxygen atoms in total. The summed E-state index contributed by atoms with van der Waals surface area (Å²) in [7, 11) is 1.30. The van der Waals surface area contributed by atoms with Gasteiger partial charge in [-0.3, -0.25) is 0 Å². The Kier molecular flexibility index (Phi) is 4.38. The van der Waals surface area contributed by atoms with Crippen LogP contribution in [0.1, 0.15) is 16.2 Å². The Hall–Kier alpha value is -3.41. The number of benzene rings is 2. The van der Waals surface area contributed by atoms with Gasteiger partial charge in [0.05, 0.1) is 12.7 Å². The number of rotatable bonds is 4. The van der Waals surface area contributed by atoms with E-state index < -0.39 is 11.9 Å². The zero-order valence-electron chi connectivity index (χ0n) is 12.8. The highest BCUT2D eigenvalue weighted by molar-refractivity contribution is 5.90. The molecular formula is C18H13NO5. The first-order chi connectivity index (χ1) is 11.7. The summed E-state index contributed by atoms with van der Waals surface area (Å²) >= 11 is 0. The molecule has 3 rings (SSSR count). The average Bonchev–Trinajstić information content (AvgIpc) is 3.03. The minimum atomic E-state index is -0.580. The van der Waals surface area contributed by atoms with E-state index >= 15 is 0 Å². The minimum Gasteiger partial charge on any atom is -0.465 e. The van der Waals surface area contributed by atoms with Crippen LogP contribution >= 0.6 is 0 Å². The van der Waals surface area contributed by atoms with Gasteiger partial charge in [-0.15, -0.1) is 0 Å². The first-order valence-electron chi connectivity index (χ1n) is 7.09. The lowest BCUT2D eigenvalue weighted by Crippen LogP contribution is -2.05. The summed E-state index contributed by atoms with van der Waals surface area (Å²) in [6, 6.07) is 13.4. The van der Waals surface area contributed by atoms with Crippen LogP contribution in [0.5, 0.6) is 5.75 Å². The maximum atomic E-state index is 11.8. The van der Waals surface area contributed by atoms with E-state index in [0.717, 1.165) is 0 Å². The van der Waals surface area contributed by atoms with Crippen molar-refractivity contribution in [2.45, 2.75) is 0 Å². The topological polar surface area (TPSA) is 78.6 Å². The van der Waals surface area contributed by atoms with Gasteiger partial charge in [-0.25, -0.2) is 14.6 Å². The van der Waals surface area contributed by atoms with Gasteiger partial charge in [0.15, 0.2) is 5.58 Å². The van der Waals surface area contributed by atoms with Crippen molar-refractivity contribution in [2.75, 3.05) is 7.11 Å². The SMILES string of the molecule is COC(=O)c1ccc(OC(=O)/C=C/c2nc3ccccc3o2)cc1. The minimum absolute atomic E-state index is 0.314. The van der Waals surface area contributed by atoms with Crippen molar-refractivity contribution < 1.29 is 23.5 Å². The molecule has 0 amide bonds. The molecule has 0 bridgehead atoms. The van der Waals surface area contributed by atoms with Gasteiger partial charge in [-0.2, -0.15) is 0 Å². The molecule has 2 aromatic carbocycles. The molecule has 0 spiro atoms. The molecule has 0 radical (unpaired) electrons. The number of carbonyl (C=O) groups is 2. The molecule has 1 aromatic heterocycles. The molecule has 0 aliphatic carbocycles. The maximum Gasteiger partial charge on any atom is 0.337 e. The van der Waals surface area contributed by atoms with Crippen LogP contribution in [0.3, 0.4) is 0 Å². The summed E-state index contributed by atoms with van der Waals surface area (Å²) in [4.78, 5) is 27.3. The van der Waals surface area contributed by atoms with E-state index in [-0.39, 0.29) is 0 Å². The highest BCUT2D eigenvalue weighted by atomic mass is 16.5. The molecule has 3 aromatic rings. The standard InChI is InChI=1S/C18H13NO5/c1-22-18(21)12-6-8-13(9-7-12)23-17(20)11-10-16-19-14-4-2-3-5-15(14)24-16/h2-11H,1H3/b11-10+. The summed E-state index contributed by atoms with van der Waals surface area (Å²) in [5, 5.41) is 0. The highest BCUT2D eigenvalue weighted by Gasteiger charge is 2.07. The fourth-order valence-electron chi connectivity index (χ4n) is 2.03. The predicted octanol–water partition coefficient (Wildman–Crippen LogP) is 3.23. The summed E-state index contributed by atoms with van der Waals surface area (Å²) in [5.41, 5.74) is 1.73. The fourth-order valence-corrected chi connectivity index (χ4v) is 2.03. The lowest BCUT2D eigenvalue weighted by atomic mass is 10.2. The number of fused-ring (bicyclic) bond motifs is 1. The Balaban J connectivity index is 1.65. The van der Waals surface area contributed by atoms with Crippen molar-refractivity contribution in [3.8, 4) is 5.75 Å². The van der Waals surface area contributed by atoms with Gasteiger partial charge in [0.2, 0.25) is 5.89 Å². The third-order valence-corrected chi connectivity index (χ3v) is 3.17. The number of hydrogen-bond donors (Lipinski definition) is 0. The number of methoxy groups -OCH3 is 1. The Morgan fingerprint density at radius 1 is 1.08 bits per heavy atom. The quantitative estimate of drug-likeness (QED) is 0.417. The Morgan fingerprint density at radius 3 is 2.54 bits per heavy atom. The smallest absolute Gasteiger partial charge is 0.337 e. The van der Waals surface area contributed by atoms with Crippen molar-refractivity contribution in [3.05, 3.63) is 66.1 Å². The van der Waals surface area contributed by atoms with Gasteiger partial charge >= 0.3 is 11.9 Å². The zero-order chi connectivity index (χ0) is 16.9. The van der Waals surface area contributed by atoms with Crippen molar-refractivity contribution >= 4 is 29.1 Å². The Morgan fingerprint density at radius 2 is 1.83 bits per heavy atom. The van der Waals surface area contributed by atoms with Gasteiger partial charge in [0.1, 0.15) is 11.3 Å². The lowest BCUT2D eigenvalue weighted by molar-refractivity contribution is -0.128. The molecular weight excluding hydrogens is 310 g/mol. The van der Waals surface area contributed by atoms with E-state index in [0.29, 0.717) is 28.3 Å². The molecule has 0 aliphatic heterocycles. The Bertz CT molecular complexity index is 876. The number of oxazole rings is 1. The molecule has 120 valence electrons. The molecule has 1 heterocycles. The van der Waals surface area contributed by atoms with Crippen LogP contribution in [0.25, 0.3) is 17.2 Å². The number of nitrogens with zero attached hydrogens (tertiary/aromatic N) is 1. The molecule has 6 heteroatoms. The van der Waals surface area contributed by atoms with Gasteiger partial charge in [0.25, 0.3) is 0 Å². The maximum absolute atomic E-state index is 11.8. The Labute approximate surface area is 137 Å². The highest BCUT2D eigenvalue weighted by Crippen LogP contribution is 2.16. The molecule has 0 N–H and O–H groups in total. The number of ether oxygens (including phenoxy) is 2. The molecule has 24 heavy (non-hydrogen) atoms. The largest absolute Gasteiger partial charge is 0.465 e. The van der Waals surface area contributed by atoms with E-state index in [9.17, 15) is 9.59 Å².